The van der Waals surface area contributed by atoms with Crippen LogP contribution in [0.5, 0.6) is 11.5 Å². The minimum absolute atomic E-state index is 0.632. The number of pyridine rings is 2. The molecule has 0 atom stereocenters. The lowest BCUT2D eigenvalue weighted by atomic mass is 9.66. The lowest BCUT2D eigenvalue weighted by molar-refractivity contribution is 0.436. The summed E-state index contributed by atoms with van der Waals surface area (Å²) in [5.74, 6) is 1.54. The molecule has 14 aromatic rings. The van der Waals surface area contributed by atoms with E-state index in [9.17, 15) is 5.26 Å². The number of nitriles is 1. The minimum Gasteiger partial charge on any atom is -0.457 e. The van der Waals surface area contributed by atoms with E-state index in [-0.39, 0.29) is 0 Å². The van der Waals surface area contributed by atoms with Crippen molar-refractivity contribution >= 4 is 65.4 Å². The van der Waals surface area contributed by atoms with E-state index in [0.717, 1.165) is 106 Å². The van der Waals surface area contributed by atoms with Crippen LogP contribution in [0, 0.1) is 11.3 Å². The molecule has 0 fully saturated rings. The van der Waals surface area contributed by atoms with E-state index in [1.807, 2.05) is 42.7 Å². The number of hydrogen-bond donors (Lipinski definition) is 0. The molecule has 6 heterocycles. The minimum atomic E-state index is -0.783. The summed E-state index contributed by atoms with van der Waals surface area (Å²) in [7, 11) is 0. The third kappa shape index (κ3) is 5.36. The first-order valence-electron chi connectivity index (χ1n) is 24.6. The number of nitrogens with zero attached hydrogens (tertiary/aromatic N) is 6. The highest BCUT2D eigenvalue weighted by Gasteiger charge is 2.52. The molecule has 2 aliphatic rings. The van der Waals surface area contributed by atoms with Crippen LogP contribution in [0.4, 0.5) is 0 Å². The number of benzene rings is 9. The molecule has 5 aromatic heterocycles. The Labute approximate surface area is 418 Å². The number of ether oxygens (including phenoxy) is 1. The van der Waals surface area contributed by atoms with Gasteiger partial charge in [-0.2, -0.15) is 5.26 Å². The van der Waals surface area contributed by atoms with Gasteiger partial charge in [-0.25, -0.2) is 0 Å². The second-order valence-corrected chi connectivity index (χ2v) is 19.2. The Hall–Kier alpha value is -10.0. The molecule has 0 saturated heterocycles. The van der Waals surface area contributed by atoms with Crippen LogP contribution in [-0.2, 0) is 5.41 Å². The molecule has 0 unspecified atom stereocenters. The van der Waals surface area contributed by atoms with Gasteiger partial charge < -0.3 is 18.4 Å². The molecule has 338 valence electrons. The molecule has 73 heavy (non-hydrogen) atoms. The van der Waals surface area contributed by atoms with Gasteiger partial charge in [-0.1, -0.05) is 109 Å². The second-order valence-electron chi connectivity index (χ2n) is 19.2. The topological polar surface area (TPSA) is 73.6 Å². The second kappa shape index (κ2) is 14.8. The number of aromatic nitrogens is 5. The zero-order valence-electron chi connectivity index (χ0n) is 39.0. The molecule has 0 saturated carbocycles. The van der Waals surface area contributed by atoms with Crippen LogP contribution < -0.4 is 4.74 Å². The molecule has 7 heteroatoms. The summed E-state index contributed by atoms with van der Waals surface area (Å²) in [6.45, 7) is 0. The quantitative estimate of drug-likeness (QED) is 0.176. The van der Waals surface area contributed by atoms with Crippen LogP contribution in [0.25, 0.3) is 105 Å². The monoisotopic (exact) mass is 930 g/mol. The average Bonchev–Trinajstić information content (AvgIpc) is 4.17. The standard InChI is InChI=1S/C66H38N6O/c67-39-40-24-29-60-50(34-40)48-16-3-7-22-58(48)72(60)45-27-28-52-63(38-45)73-62-31-26-42(36-55(62)66(52)53-18-10-32-68-64(53)65-54(66)19-11-33-69-65)41-25-30-61-51(35-41)49-17-4-8-23-59(49)71(61)44-13-9-12-43(37-44)70-56-20-5-1-14-46(56)47-15-2-6-21-57(47)70/h1-38H. The largest absolute Gasteiger partial charge is 0.457 e. The van der Waals surface area contributed by atoms with Gasteiger partial charge in [0.15, 0.2) is 0 Å². The Morgan fingerprint density at radius 2 is 0.849 bits per heavy atom. The highest BCUT2D eigenvalue weighted by Crippen LogP contribution is 2.62. The number of hydrogen-bond acceptors (Lipinski definition) is 4. The van der Waals surface area contributed by atoms with Gasteiger partial charge in [-0.05, 0) is 125 Å². The van der Waals surface area contributed by atoms with Crippen LogP contribution >= 0.6 is 0 Å². The average molecular weight is 931 g/mol. The number of fused-ring (bicyclic) bond motifs is 18. The SMILES string of the molecule is N#Cc1ccc2c(c1)c1ccccc1n2-c1ccc2c(c1)Oc1ccc(-c3ccc4c(c3)c3ccccc3n4-c3cccc(-n4c5ccccc5c5ccccc54)c3)cc1C21c2cccnc2-c2ncccc21. The van der Waals surface area contributed by atoms with Crippen molar-refractivity contribution < 1.29 is 4.74 Å². The molecule has 1 spiro atoms. The van der Waals surface area contributed by atoms with Gasteiger partial charge in [0.25, 0.3) is 0 Å². The van der Waals surface area contributed by atoms with E-state index >= 15 is 0 Å². The number of para-hydroxylation sites is 4. The van der Waals surface area contributed by atoms with E-state index in [0.29, 0.717) is 5.56 Å². The van der Waals surface area contributed by atoms with Crippen LogP contribution in [0.3, 0.4) is 0 Å². The van der Waals surface area contributed by atoms with Crippen LogP contribution in [0.15, 0.2) is 231 Å². The summed E-state index contributed by atoms with van der Waals surface area (Å²) in [4.78, 5) is 10.0. The van der Waals surface area contributed by atoms with Gasteiger partial charge in [-0.15, -0.1) is 0 Å². The predicted octanol–water partition coefficient (Wildman–Crippen LogP) is 15.8. The molecule has 16 rings (SSSR count). The maximum absolute atomic E-state index is 9.84. The number of rotatable bonds is 4. The summed E-state index contributed by atoms with van der Waals surface area (Å²) in [6.07, 6.45) is 3.73. The molecular formula is C66H38N6O. The fourth-order valence-electron chi connectivity index (χ4n) is 12.6. The van der Waals surface area contributed by atoms with Gasteiger partial charge in [0.1, 0.15) is 11.5 Å². The summed E-state index contributed by atoms with van der Waals surface area (Å²) in [5.41, 5.74) is 17.9. The summed E-state index contributed by atoms with van der Waals surface area (Å²) in [6, 6.07) is 80.3. The molecule has 0 radical (unpaired) electrons. The van der Waals surface area contributed by atoms with Crippen LogP contribution in [0.2, 0.25) is 0 Å². The molecule has 0 N–H and O–H groups in total. The molecule has 1 aliphatic heterocycles. The maximum Gasteiger partial charge on any atom is 0.134 e. The van der Waals surface area contributed by atoms with Crippen LogP contribution in [-0.4, -0.2) is 23.7 Å². The molecule has 1 aliphatic carbocycles. The smallest absolute Gasteiger partial charge is 0.134 e. The highest BCUT2D eigenvalue weighted by molar-refractivity contribution is 6.12. The maximum atomic E-state index is 9.84. The fourth-order valence-corrected chi connectivity index (χ4v) is 12.6. The lowest BCUT2D eigenvalue weighted by Gasteiger charge is -2.39. The molecule has 0 bridgehead atoms. The van der Waals surface area contributed by atoms with Crippen molar-refractivity contribution in [3.05, 3.63) is 259 Å². The van der Waals surface area contributed by atoms with Crippen LogP contribution in [0.1, 0.15) is 27.8 Å². The first-order chi connectivity index (χ1) is 36.2. The van der Waals surface area contributed by atoms with E-state index in [2.05, 4.69) is 208 Å². The van der Waals surface area contributed by atoms with E-state index < -0.39 is 5.41 Å². The molecular weight excluding hydrogens is 893 g/mol. The Kier molecular flexibility index (Phi) is 8.04. The summed E-state index contributed by atoms with van der Waals surface area (Å²) < 4.78 is 14.2. The van der Waals surface area contributed by atoms with Crippen molar-refractivity contribution in [2.24, 2.45) is 0 Å². The normalized spacial score (nSPS) is 13.1. The third-order valence-corrected chi connectivity index (χ3v) is 15.6. The molecule has 9 aromatic carbocycles. The van der Waals surface area contributed by atoms with Crippen molar-refractivity contribution in [1.82, 2.24) is 23.7 Å². The van der Waals surface area contributed by atoms with Crippen molar-refractivity contribution in [3.8, 4) is 57.1 Å². The summed E-state index contributed by atoms with van der Waals surface area (Å²) >= 11 is 0. The van der Waals surface area contributed by atoms with E-state index in [1.165, 1.54) is 32.6 Å². The van der Waals surface area contributed by atoms with Gasteiger partial charge >= 0.3 is 0 Å². The Morgan fingerprint density at radius 1 is 0.356 bits per heavy atom. The Bertz CT molecular complexity index is 4660. The zero-order chi connectivity index (χ0) is 47.9. The molecule has 7 nitrogen and oxygen atoms in total. The highest BCUT2D eigenvalue weighted by atomic mass is 16.5. The Balaban J connectivity index is 0.872. The first kappa shape index (κ1) is 39.8. The Morgan fingerprint density at radius 3 is 1.44 bits per heavy atom. The van der Waals surface area contributed by atoms with Crippen molar-refractivity contribution in [2.45, 2.75) is 5.41 Å². The molecule has 0 amide bonds. The zero-order valence-corrected chi connectivity index (χ0v) is 39.0. The van der Waals surface area contributed by atoms with Crippen molar-refractivity contribution in [2.75, 3.05) is 0 Å². The first-order valence-corrected chi connectivity index (χ1v) is 24.6. The van der Waals surface area contributed by atoms with Gasteiger partial charge in [0.05, 0.1) is 61.5 Å². The van der Waals surface area contributed by atoms with Crippen molar-refractivity contribution in [3.63, 3.8) is 0 Å². The van der Waals surface area contributed by atoms with Crippen molar-refractivity contribution in [1.29, 1.82) is 5.26 Å². The van der Waals surface area contributed by atoms with Gasteiger partial charge in [0, 0.05) is 79.0 Å². The lowest BCUT2D eigenvalue weighted by Crippen LogP contribution is -2.32. The fraction of sp³-hybridized carbons (Fsp3) is 0.0152. The predicted molar refractivity (Wildman–Crippen MR) is 293 cm³/mol. The van der Waals surface area contributed by atoms with E-state index in [4.69, 9.17) is 14.7 Å². The summed E-state index contributed by atoms with van der Waals surface area (Å²) in [5, 5.41) is 16.8. The third-order valence-electron chi connectivity index (χ3n) is 15.6. The van der Waals surface area contributed by atoms with Gasteiger partial charge in [-0.3, -0.25) is 9.97 Å². The van der Waals surface area contributed by atoms with E-state index in [1.54, 1.807) is 0 Å². The van der Waals surface area contributed by atoms with Gasteiger partial charge in [0.2, 0.25) is 0 Å².